The van der Waals surface area contributed by atoms with Gasteiger partial charge in [0.25, 0.3) is 0 Å². The van der Waals surface area contributed by atoms with Gasteiger partial charge in [0.05, 0.1) is 0 Å². The third-order valence-electron chi connectivity index (χ3n) is 3.09. The molecule has 0 heterocycles. The molecule has 0 aromatic carbocycles. The Kier molecular flexibility index (Phi) is 5.41. The van der Waals surface area contributed by atoms with E-state index in [2.05, 4.69) is 10.6 Å². The molecule has 0 saturated heterocycles. The third kappa shape index (κ3) is 4.73. The number of carbonyl (C=O) groups is 2. The number of hydrogen-bond donors (Lipinski definition) is 3. The number of nitrogens with two attached hydrogens (primary N) is 1. The largest absolute Gasteiger partial charge is 0.354 e. The Morgan fingerprint density at radius 3 is 2.41 bits per heavy atom. The van der Waals surface area contributed by atoms with Crippen molar-refractivity contribution in [1.82, 2.24) is 10.6 Å². The van der Waals surface area contributed by atoms with E-state index >= 15 is 0 Å². The van der Waals surface area contributed by atoms with Gasteiger partial charge in [0.1, 0.15) is 0 Å². The molecule has 5 nitrogen and oxygen atoms in total. The zero-order chi connectivity index (χ0) is 12.8. The van der Waals surface area contributed by atoms with Crippen molar-refractivity contribution in [3.8, 4) is 0 Å². The van der Waals surface area contributed by atoms with Gasteiger partial charge in [0, 0.05) is 31.0 Å². The monoisotopic (exact) mass is 241 g/mol. The maximum Gasteiger partial charge on any atom is 0.223 e. The minimum Gasteiger partial charge on any atom is -0.354 e. The maximum absolute atomic E-state index is 11.7. The molecule has 98 valence electrons. The van der Waals surface area contributed by atoms with Gasteiger partial charge in [-0.2, -0.15) is 0 Å². The molecule has 0 spiro atoms. The van der Waals surface area contributed by atoms with Gasteiger partial charge in [-0.05, 0) is 19.3 Å². The van der Waals surface area contributed by atoms with E-state index in [1.54, 1.807) is 0 Å². The Balaban J connectivity index is 2.10. The fourth-order valence-electron chi connectivity index (χ4n) is 1.97. The van der Waals surface area contributed by atoms with Crippen molar-refractivity contribution in [3.05, 3.63) is 0 Å². The Morgan fingerprint density at radius 1 is 1.24 bits per heavy atom. The van der Waals surface area contributed by atoms with Crippen molar-refractivity contribution in [2.75, 3.05) is 13.1 Å². The summed E-state index contributed by atoms with van der Waals surface area (Å²) in [5, 5.41) is 5.59. The predicted octanol–water partition coefficient (Wildman–Crippen LogP) is 0.00220. The zero-order valence-electron chi connectivity index (χ0n) is 10.7. The van der Waals surface area contributed by atoms with Crippen LogP contribution in [-0.4, -0.2) is 30.9 Å². The predicted molar refractivity (Wildman–Crippen MR) is 66.2 cm³/mol. The topological polar surface area (TPSA) is 84.2 Å². The normalized spacial score (nSPS) is 23.8. The lowest BCUT2D eigenvalue weighted by Crippen LogP contribution is -2.38. The second-order valence-corrected chi connectivity index (χ2v) is 5.01. The van der Waals surface area contributed by atoms with Crippen LogP contribution in [0.25, 0.3) is 0 Å². The van der Waals surface area contributed by atoms with Crippen LogP contribution in [0.5, 0.6) is 0 Å². The average Bonchev–Trinajstić information content (AvgIpc) is 2.70. The summed E-state index contributed by atoms with van der Waals surface area (Å²) in [5.41, 5.74) is 5.75. The summed E-state index contributed by atoms with van der Waals surface area (Å²) < 4.78 is 0. The standard InChI is InChI=1S/C12H23N3O2/c1-8(2)11(16)14-5-6-15-12(17)9-3-4-10(13)7-9/h8-10H,3-7,13H2,1-2H3,(H,14,16)(H,15,17). The third-order valence-corrected chi connectivity index (χ3v) is 3.09. The summed E-state index contributed by atoms with van der Waals surface area (Å²) in [6, 6.07) is 0.173. The molecule has 4 N–H and O–H groups in total. The first kappa shape index (κ1) is 14.0. The molecule has 0 bridgehead atoms. The second kappa shape index (κ2) is 6.59. The minimum absolute atomic E-state index is 0.0152. The molecule has 1 saturated carbocycles. The van der Waals surface area contributed by atoms with E-state index in [4.69, 9.17) is 5.73 Å². The SMILES string of the molecule is CC(C)C(=O)NCCNC(=O)C1CCC(N)C1. The summed E-state index contributed by atoms with van der Waals surface area (Å²) in [6.45, 7) is 4.66. The van der Waals surface area contributed by atoms with Gasteiger partial charge < -0.3 is 16.4 Å². The summed E-state index contributed by atoms with van der Waals surface area (Å²) in [5.74, 6) is 0.128. The van der Waals surface area contributed by atoms with Crippen LogP contribution in [0.3, 0.4) is 0 Å². The lowest BCUT2D eigenvalue weighted by molar-refractivity contribution is -0.126. The van der Waals surface area contributed by atoms with Crippen LogP contribution in [0.2, 0.25) is 0 Å². The summed E-state index contributed by atoms with van der Waals surface area (Å²) in [6.07, 6.45) is 2.59. The summed E-state index contributed by atoms with van der Waals surface area (Å²) in [4.78, 5) is 22.9. The minimum atomic E-state index is -0.0152. The van der Waals surface area contributed by atoms with Crippen LogP contribution in [0.15, 0.2) is 0 Å². The molecule has 2 atom stereocenters. The molecule has 1 aliphatic carbocycles. The Hall–Kier alpha value is -1.10. The molecule has 2 unspecified atom stereocenters. The van der Waals surface area contributed by atoms with Crippen molar-refractivity contribution < 1.29 is 9.59 Å². The number of hydrogen-bond acceptors (Lipinski definition) is 3. The van der Waals surface area contributed by atoms with Crippen molar-refractivity contribution in [2.24, 2.45) is 17.6 Å². The lowest BCUT2D eigenvalue weighted by Gasteiger charge is -2.12. The van der Waals surface area contributed by atoms with Crippen LogP contribution < -0.4 is 16.4 Å². The van der Waals surface area contributed by atoms with Gasteiger partial charge in [-0.1, -0.05) is 13.8 Å². The Labute approximate surface area is 103 Å². The highest BCUT2D eigenvalue weighted by Crippen LogP contribution is 2.23. The highest BCUT2D eigenvalue weighted by atomic mass is 16.2. The van der Waals surface area contributed by atoms with Gasteiger partial charge in [-0.3, -0.25) is 9.59 Å². The molecule has 0 radical (unpaired) electrons. The number of carbonyl (C=O) groups excluding carboxylic acids is 2. The first-order valence-electron chi connectivity index (χ1n) is 6.31. The molecule has 0 aromatic rings. The Morgan fingerprint density at radius 2 is 1.88 bits per heavy atom. The molecule has 17 heavy (non-hydrogen) atoms. The van der Waals surface area contributed by atoms with Crippen LogP contribution in [-0.2, 0) is 9.59 Å². The number of rotatable bonds is 5. The Bertz CT molecular complexity index is 279. The van der Waals surface area contributed by atoms with Crippen molar-refractivity contribution in [2.45, 2.75) is 39.2 Å². The molecule has 1 rings (SSSR count). The highest BCUT2D eigenvalue weighted by Gasteiger charge is 2.27. The molecule has 1 fully saturated rings. The lowest BCUT2D eigenvalue weighted by atomic mass is 10.1. The van der Waals surface area contributed by atoms with Gasteiger partial charge in [0.15, 0.2) is 0 Å². The maximum atomic E-state index is 11.7. The van der Waals surface area contributed by atoms with Crippen molar-refractivity contribution >= 4 is 11.8 Å². The van der Waals surface area contributed by atoms with E-state index < -0.39 is 0 Å². The molecule has 5 heteroatoms. The molecular formula is C12H23N3O2. The molecule has 0 aliphatic heterocycles. The average molecular weight is 241 g/mol. The molecule has 1 aliphatic rings. The van der Waals surface area contributed by atoms with Gasteiger partial charge in [-0.15, -0.1) is 0 Å². The van der Waals surface area contributed by atoms with Crippen LogP contribution in [0, 0.1) is 11.8 Å². The highest BCUT2D eigenvalue weighted by molar-refractivity contribution is 5.79. The number of nitrogens with one attached hydrogen (secondary N) is 2. The van der Waals surface area contributed by atoms with E-state index in [0.29, 0.717) is 13.1 Å². The van der Waals surface area contributed by atoms with Crippen LogP contribution in [0.1, 0.15) is 33.1 Å². The quantitative estimate of drug-likeness (QED) is 0.592. The van der Waals surface area contributed by atoms with E-state index in [0.717, 1.165) is 19.3 Å². The van der Waals surface area contributed by atoms with Gasteiger partial charge in [0.2, 0.25) is 11.8 Å². The van der Waals surface area contributed by atoms with Crippen LogP contribution >= 0.6 is 0 Å². The fraction of sp³-hybridized carbons (Fsp3) is 0.833. The van der Waals surface area contributed by atoms with E-state index in [9.17, 15) is 9.59 Å². The smallest absolute Gasteiger partial charge is 0.223 e. The summed E-state index contributed by atoms with van der Waals surface area (Å²) >= 11 is 0. The second-order valence-electron chi connectivity index (χ2n) is 5.01. The first-order valence-corrected chi connectivity index (χ1v) is 6.31. The van der Waals surface area contributed by atoms with E-state index in [-0.39, 0.29) is 29.7 Å². The molecule has 2 amide bonds. The van der Waals surface area contributed by atoms with Crippen LogP contribution in [0.4, 0.5) is 0 Å². The molecule has 0 aromatic heterocycles. The van der Waals surface area contributed by atoms with Crippen molar-refractivity contribution in [1.29, 1.82) is 0 Å². The fourth-order valence-corrected chi connectivity index (χ4v) is 1.97. The van der Waals surface area contributed by atoms with Gasteiger partial charge >= 0.3 is 0 Å². The first-order chi connectivity index (χ1) is 8.00. The summed E-state index contributed by atoms with van der Waals surface area (Å²) in [7, 11) is 0. The van der Waals surface area contributed by atoms with Gasteiger partial charge in [-0.25, -0.2) is 0 Å². The van der Waals surface area contributed by atoms with E-state index in [1.807, 2.05) is 13.8 Å². The van der Waals surface area contributed by atoms with E-state index in [1.165, 1.54) is 0 Å². The molecular weight excluding hydrogens is 218 g/mol. The zero-order valence-corrected chi connectivity index (χ0v) is 10.7. The number of amides is 2. The van der Waals surface area contributed by atoms with Crippen molar-refractivity contribution in [3.63, 3.8) is 0 Å².